The van der Waals surface area contributed by atoms with E-state index in [1.165, 1.54) is 18.9 Å². The standard InChI is InChI=1S/C15H26O2/c1-5-6-15(16)17-14-9-12(3)7-11(2)8-13(4)10-14/h5-6,11-14H,7-10H2,1-4H3/b6-5+. The van der Waals surface area contributed by atoms with Crippen LogP contribution in [0.2, 0.25) is 0 Å². The van der Waals surface area contributed by atoms with Crippen LogP contribution in [0.25, 0.3) is 0 Å². The van der Waals surface area contributed by atoms with Crippen molar-refractivity contribution in [3.63, 3.8) is 0 Å². The topological polar surface area (TPSA) is 26.3 Å². The molecule has 0 radical (unpaired) electrons. The number of hydrogen-bond donors (Lipinski definition) is 0. The van der Waals surface area contributed by atoms with Crippen molar-refractivity contribution in [3.8, 4) is 0 Å². The van der Waals surface area contributed by atoms with E-state index in [1.54, 1.807) is 6.08 Å². The average Bonchev–Trinajstić information content (AvgIpc) is 2.14. The lowest BCUT2D eigenvalue weighted by Gasteiger charge is -2.30. The first kappa shape index (κ1) is 14.3. The Bertz CT molecular complexity index is 256. The Kier molecular flexibility index (Phi) is 5.73. The smallest absolute Gasteiger partial charge is 0.330 e. The van der Waals surface area contributed by atoms with Crippen molar-refractivity contribution < 1.29 is 9.53 Å². The van der Waals surface area contributed by atoms with E-state index in [9.17, 15) is 4.79 Å². The highest BCUT2D eigenvalue weighted by atomic mass is 16.5. The van der Waals surface area contributed by atoms with Gasteiger partial charge in [0.2, 0.25) is 0 Å². The summed E-state index contributed by atoms with van der Waals surface area (Å²) in [7, 11) is 0. The molecular formula is C15H26O2. The fourth-order valence-electron chi connectivity index (χ4n) is 3.09. The van der Waals surface area contributed by atoms with Gasteiger partial charge in [0.15, 0.2) is 0 Å². The molecule has 1 aliphatic rings. The third-order valence-corrected chi connectivity index (χ3v) is 3.53. The van der Waals surface area contributed by atoms with Gasteiger partial charge in [0.05, 0.1) is 0 Å². The molecule has 2 heteroatoms. The molecule has 98 valence electrons. The van der Waals surface area contributed by atoms with Gasteiger partial charge in [-0.05, 0) is 50.4 Å². The number of rotatable bonds is 2. The quantitative estimate of drug-likeness (QED) is 0.537. The summed E-state index contributed by atoms with van der Waals surface area (Å²) < 4.78 is 5.52. The van der Waals surface area contributed by atoms with Crippen LogP contribution in [0, 0.1) is 17.8 Å². The van der Waals surface area contributed by atoms with Gasteiger partial charge >= 0.3 is 5.97 Å². The molecule has 0 heterocycles. The molecule has 2 nitrogen and oxygen atoms in total. The van der Waals surface area contributed by atoms with Gasteiger partial charge in [-0.2, -0.15) is 0 Å². The number of carbonyl (C=O) groups excluding carboxylic acids is 1. The van der Waals surface area contributed by atoms with Gasteiger partial charge in [-0.15, -0.1) is 0 Å². The molecule has 2 atom stereocenters. The zero-order chi connectivity index (χ0) is 12.8. The Morgan fingerprint density at radius 3 is 1.94 bits per heavy atom. The minimum absolute atomic E-state index is 0.108. The third kappa shape index (κ3) is 5.38. The molecule has 0 aliphatic heterocycles. The zero-order valence-electron chi connectivity index (χ0n) is 11.6. The molecule has 1 aliphatic carbocycles. The van der Waals surface area contributed by atoms with E-state index in [2.05, 4.69) is 20.8 Å². The van der Waals surface area contributed by atoms with Gasteiger partial charge in [-0.3, -0.25) is 0 Å². The summed E-state index contributed by atoms with van der Waals surface area (Å²) in [5, 5.41) is 0. The second-order valence-electron chi connectivity index (χ2n) is 5.82. The highest BCUT2D eigenvalue weighted by Crippen LogP contribution is 2.31. The summed E-state index contributed by atoms with van der Waals surface area (Å²) in [4.78, 5) is 11.5. The molecule has 2 unspecified atom stereocenters. The minimum Gasteiger partial charge on any atom is -0.459 e. The van der Waals surface area contributed by atoms with Crippen LogP contribution in [0.3, 0.4) is 0 Å². The summed E-state index contributed by atoms with van der Waals surface area (Å²) in [5.41, 5.74) is 0. The van der Waals surface area contributed by atoms with Crippen LogP contribution in [-0.2, 0) is 9.53 Å². The Balaban J connectivity index is 2.55. The van der Waals surface area contributed by atoms with Crippen molar-refractivity contribution in [3.05, 3.63) is 12.2 Å². The van der Waals surface area contributed by atoms with E-state index in [0.29, 0.717) is 11.8 Å². The molecule has 17 heavy (non-hydrogen) atoms. The van der Waals surface area contributed by atoms with Crippen molar-refractivity contribution in [1.82, 2.24) is 0 Å². The second-order valence-corrected chi connectivity index (χ2v) is 5.82. The molecule has 1 saturated carbocycles. The fourth-order valence-corrected chi connectivity index (χ4v) is 3.09. The van der Waals surface area contributed by atoms with Crippen molar-refractivity contribution in [2.45, 2.75) is 59.5 Å². The van der Waals surface area contributed by atoms with E-state index in [4.69, 9.17) is 4.74 Å². The van der Waals surface area contributed by atoms with E-state index in [0.717, 1.165) is 18.8 Å². The fraction of sp³-hybridized carbons (Fsp3) is 0.800. The molecule has 0 aromatic heterocycles. The molecule has 0 spiro atoms. The van der Waals surface area contributed by atoms with Gasteiger partial charge in [-0.25, -0.2) is 4.79 Å². The van der Waals surface area contributed by atoms with Gasteiger partial charge < -0.3 is 4.74 Å². The molecule has 0 aromatic rings. The maximum absolute atomic E-state index is 11.5. The summed E-state index contributed by atoms with van der Waals surface area (Å²) >= 11 is 0. The SMILES string of the molecule is C/C=C/C(=O)OC1CC(C)CC(C)CC(C)C1. The Hall–Kier alpha value is -0.790. The van der Waals surface area contributed by atoms with E-state index in [-0.39, 0.29) is 12.1 Å². The van der Waals surface area contributed by atoms with E-state index in [1.807, 2.05) is 6.92 Å². The molecule has 0 N–H and O–H groups in total. The Morgan fingerprint density at radius 1 is 1.00 bits per heavy atom. The lowest BCUT2D eigenvalue weighted by atomic mass is 9.80. The summed E-state index contributed by atoms with van der Waals surface area (Å²) in [6.45, 7) is 8.71. The van der Waals surface area contributed by atoms with Crippen molar-refractivity contribution in [2.24, 2.45) is 17.8 Å². The minimum atomic E-state index is -0.189. The molecule has 1 fully saturated rings. The van der Waals surface area contributed by atoms with Crippen LogP contribution in [0.5, 0.6) is 0 Å². The molecule has 1 rings (SSSR count). The van der Waals surface area contributed by atoms with Crippen molar-refractivity contribution >= 4 is 5.97 Å². The number of ether oxygens (including phenoxy) is 1. The molecular weight excluding hydrogens is 212 g/mol. The first-order valence-electron chi connectivity index (χ1n) is 6.84. The summed E-state index contributed by atoms with van der Waals surface area (Å²) in [5.74, 6) is 1.92. The highest BCUT2D eigenvalue weighted by molar-refractivity contribution is 5.81. The van der Waals surface area contributed by atoms with E-state index < -0.39 is 0 Å². The van der Waals surface area contributed by atoms with Gasteiger partial charge in [0.25, 0.3) is 0 Å². The van der Waals surface area contributed by atoms with Crippen LogP contribution < -0.4 is 0 Å². The van der Waals surface area contributed by atoms with Crippen molar-refractivity contribution in [1.29, 1.82) is 0 Å². The molecule has 0 saturated heterocycles. The summed E-state index contributed by atoms with van der Waals surface area (Å²) in [6, 6.07) is 0. The van der Waals surface area contributed by atoms with Crippen LogP contribution in [-0.4, -0.2) is 12.1 Å². The lowest BCUT2D eigenvalue weighted by Crippen LogP contribution is -2.26. The Labute approximate surface area is 105 Å². The number of hydrogen-bond acceptors (Lipinski definition) is 2. The van der Waals surface area contributed by atoms with Crippen LogP contribution in [0.4, 0.5) is 0 Å². The number of esters is 1. The van der Waals surface area contributed by atoms with Crippen LogP contribution in [0.1, 0.15) is 53.4 Å². The normalized spacial score (nSPS) is 35.3. The number of allylic oxidation sites excluding steroid dienone is 1. The van der Waals surface area contributed by atoms with Crippen LogP contribution >= 0.6 is 0 Å². The average molecular weight is 238 g/mol. The lowest BCUT2D eigenvalue weighted by molar-refractivity contribution is -0.145. The van der Waals surface area contributed by atoms with Crippen molar-refractivity contribution in [2.75, 3.05) is 0 Å². The third-order valence-electron chi connectivity index (χ3n) is 3.53. The molecule has 0 aromatic carbocycles. The number of carbonyl (C=O) groups is 1. The highest BCUT2D eigenvalue weighted by Gasteiger charge is 2.25. The first-order chi connectivity index (χ1) is 8.01. The van der Waals surface area contributed by atoms with E-state index >= 15 is 0 Å². The van der Waals surface area contributed by atoms with Gasteiger partial charge in [0, 0.05) is 6.08 Å². The van der Waals surface area contributed by atoms with Crippen LogP contribution in [0.15, 0.2) is 12.2 Å². The molecule has 0 bridgehead atoms. The van der Waals surface area contributed by atoms with Gasteiger partial charge in [0.1, 0.15) is 6.10 Å². The first-order valence-corrected chi connectivity index (χ1v) is 6.84. The Morgan fingerprint density at radius 2 is 1.47 bits per heavy atom. The zero-order valence-corrected chi connectivity index (χ0v) is 11.6. The van der Waals surface area contributed by atoms with Gasteiger partial charge in [-0.1, -0.05) is 26.8 Å². The maximum Gasteiger partial charge on any atom is 0.330 e. The predicted octanol–water partition coefficient (Wildman–Crippen LogP) is 3.96. The molecule has 0 amide bonds. The largest absolute Gasteiger partial charge is 0.459 e. The maximum atomic E-state index is 11.5. The second kappa shape index (κ2) is 6.83. The predicted molar refractivity (Wildman–Crippen MR) is 70.7 cm³/mol. The monoisotopic (exact) mass is 238 g/mol. The summed E-state index contributed by atoms with van der Waals surface area (Å²) in [6.07, 6.45) is 7.88.